The van der Waals surface area contributed by atoms with E-state index in [0.29, 0.717) is 24.5 Å². The van der Waals surface area contributed by atoms with E-state index in [1.807, 2.05) is 7.05 Å². The van der Waals surface area contributed by atoms with E-state index in [1.165, 1.54) is 24.1 Å². The lowest BCUT2D eigenvalue weighted by Gasteiger charge is -2.36. The van der Waals surface area contributed by atoms with Crippen LogP contribution in [0.15, 0.2) is 42.5 Å². The lowest BCUT2D eigenvalue weighted by atomic mass is 10.1. The monoisotopic (exact) mass is 401 g/mol. The molecule has 0 aliphatic carbocycles. The molecule has 0 spiro atoms. The summed E-state index contributed by atoms with van der Waals surface area (Å²) >= 11 is 0. The van der Waals surface area contributed by atoms with Crippen LogP contribution in [0.1, 0.15) is 15.9 Å². The molecule has 7 nitrogen and oxygen atoms in total. The second-order valence-corrected chi connectivity index (χ2v) is 6.94. The van der Waals surface area contributed by atoms with Crippen LogP contribution < -0.4 is 9.64 Å². The van der Waals surface area contributed by atoms with Crippen molar-refractivity contribution in [3.05, 3.63) is 59.4 Å². The molecule has 29 heavy (non-hydrogen) atoms. The van der Waals surface area contributed by atoms with Crippen LogP contribution in [0, 0.1) is 5.82 Å². The fraction of sp³-hybridized carbons (Fsp3) is 0.333. The van der Waals surface area contributed by atoms with Crippen molar-refractivity contribution in [2.24, 2.45) is 0 Å². The van der Waals surface area contributed by atoms with E-state index in [2.05, 4.69) is 4.90 Å². The van der Waals surface area contributed by atoms with Gasteiger partial charge in [0.25, 0.3) is 0 Å². The highest BCUT2D eigenvalue weighted by molar-refractivity contribution is 5.94. The molecule has 2 amide bonds. The van der Waals surface area contributed by atoms with E-state index in [4.69, 9.17) is 9.84 Å². The summed E-state index contributed by atoms with van der Waals surface area (Å²) in [6.07, 6.45) is 0. The van der Waals surface area contributed by atoms with E-state index in [0.717, 1.165) is 19.2 Å². The second-order valence-electron chi connectivity index (χ2n) is 6.94. The van der Waals surface area contributed by atoms with Gasteiger partial charge in [0, 0.05) is 31.7 Å². The van der Waals surface area contributed by atoms with Crippen LogP contribution in [0.5, 0.6) is 5.75 Å². The average molecular weight is 401 g/mol. The van der Waals surface area contributed by atoms with Gasteiger partial charge >= 0.3 is 12.0 Å². The van der Waals surface area contributed by atoms with Crippen molar-refractivity contribution in [3.8, 4) is 5.75 Å². The Hall–Kier alpha value is -3.13. The fourth-order valence-corrected chi connectivity index (χ4v) is 3.26. The molecular weight excluding hydrogens is 377 g/mol. The number of piperazine rings is 1. The SMILES string of the molecule is COc1ccccc1N(Cc1ccc(C(=O)O)cc1F)C(=O)N1CCN(C)CC1. The minimum absolute atomic E-state index is 0.0444. The summed E-state index contributed by atoms with van der Waals surface area (Å²) in [7, 11) is 3.51. The van der Waals surface area contributed by atoms with Gasteiger partial charge in [-0.15, -0.1) is 0 Å². The van der Waals surface area contributed by atoms with Crippen molar-refractivity contribution in [1.82, 2.24) is 9.80 Å². The number of carboxylic acid groups (broad SMARTS) is 1. The minimum atomic E-state index is -1.20. The normalized spacial score (nSPS) is 14.5. The number of aromatic carboxylic acids is 1. The fourth-order valence-electron chi connectivity index (χ4n) is 3.26. The summed E-state index contributed by atoms with van der Waals surface area (Å²) in [4.78, 5) is 29.7. The number of nitrogens with zero attached hydrogens (tertiary/aromatic N) is 3. The summed E-state index contributed by atoms with van der Waals surface area (Å²) in [6, 6.07) is 10.5. The van der Waals surface area contributed by atoms with E-state index in [-0.39, 0.29) is 23.7 Å². The highest BCUT2D eigenvalue weighted by atomic mass is 19.1. The number of amides is 2. The molecule has 0 saturated carbocycles. The molecule has 2 aromatic rings. The highest BCUT2D eigenvalue weighted by Crippen LogP contribution is 2.30. The molecule has 1 N–H and O–H groups in total. The summed E-state index contributed by atoms with van der Waals surface area (Å²) in [5.41, 5.74) is 0.615. The minimum Gasteiger partial charge on any atom is -0.495 e. The van der Waals surface area contributed by atoms with Crippen molar-refractivity contribution in [3.63, 3.8) is 0 Å². The molecule has 0 unspecified atom stereocenters. The van der Waals surface area contributed by atoms with Crippen LogP contribution in [-0.2, 0) is 6.54 Å². The van der Waals surface area contributed by atoms with Crippen molar-refractivity contribution >= 4 is 17.7 Å². The summed E-state index contributed by atoms with van der Waals surface area (Å²) in [5, 5.41) is 9.05. The molecular formula is C21H24FN3O4. The quantitative estimate of drug-likeness (QED) is 0.834. The number of carbonyl (C=O) groups excluding carboxylic acids is 1. The van der Waals surface area contributed by atoms with Crippen molar-refractivity contribution in [2.45, 2.75) is 6.54 Å². The molecule has 1 fully saturated rings. The van der Waals surface area contributed by atoms with Gasteiger partial charge in [0.05, 0.1) is 24.9 Å². The van der Waals surface area contributed by atoms with E-state index in [1.54, 1.807) is 29.2 Å². The lowest BCUT2D eigenvalue weighted by Crippen LogP contribution is -2.52. The van der Waals surface area contributed by atoms with Gasteiger partial charge in [-0.2, -0.15) is 0 Å². The van der Waals surface area contributed by atoms with Crippen LogP contribution in [-0.4, -0.2) is 67.2 Å². The molecule has 0 radical (unpaired) electrons. The lowest BCUT2D eigenvalue weighted by molar-refractivity contribution is 0.0696. The summed E-state index contributed by atoms with van der Waals surface area (Å²) < 4.78 is 20.0. The third-order valence-electron chi connectivity index (χ3n) is 5.01. The zero-order valence-electron chi connectivity index (χ0n) is 16.5. The van der Waals surface area contributed by atoms with Crippen molar-refractivity contribution < 1.29 is 23.8 Å². The molecule has 8 heteroatoms. The third kappa shape index (κ3) is 4.65. The average Bonchev–Trinajstić information content (AvgIpc) is 2.73. The maximum Gasteiger partial charge on any atom is 0.335 e. The smallest absolute Gasteiger partial charge is 0.335 e. The third-order valence-corrected chi connectivity index (χ3v) is 5.01. The molecule has 3 rings (SSSR count). The van der Waals surface area contributed by atoms with Gasteiger partial charge in [-0.25, -0.2) is 14.0 Å². The van der Waals surface area contributed by atoms with Gasteiger partial charge in [-0.1, -0.05) is 18.2 Å². The number of urea groups is 1. The molecule has 0 bridgehead atoms. The Morgan fingerprint density at radius 2 is 1.83 bits per heavy atom. The first kappa shape index (κ1) is 20.6. The Labute approximate surface area is 168 Å². The molecule has 1 aliphatic heterocycles. The number of anilines is 1. The number of carbonyl (C=O) groups is 2. The van der Waals surface area contributed by atoms with Crippen LogP contribution in [0.4, 0.5) is 14.9 Å². The van der Waals surface area contributed by atoms with Gasteiger partial charge in [-0.3, -0.25) is 4.90 Å². The Morgan fingerprint density at radius 3 is 2.45 bits per heavy atom. The molecule has 2 aromatic carbocycles. The highest BCUT2D eigenvalue weighted by Gasteiger charge is 2.28. The van der Waals surface area contributed by atoms with E-state index in [9.17, 15) is 14.0 Å². The Morgan fingerprint density at radius 1 is 1.14 bits per heavy atom. The van der Waals surface area contributed by atoms with Crippen LogP contribution in [0.25, 0.3) is 0 Å². The standard InChI is InChI=1S/C21H24FN3O4/c1-23-9-11-24(12-10-23)21(28)25(18-5-3-4-6-19(18)29-2)14-16-8-7-15(20(26)27)13-17(16)22/h3-8,13H,9-12,14H2,1-2H3,(H,26,27). The predicted octanol–water partition coefficient (Wildman–Crippen LogP) is 2.91. The molecule has 1 heterocycles. The van der Waals surface area contributed by atoms with Crippen LogP contribution in [0.3, 0.4) is 0 Å². The zero-order chi connectivity index (χ0) is 21.0. The summed E-state index contributed by atoms with van der Waals surface area (Å²) in [6.45, 7) is 2.61. The number of para-hydroxylation sites is 2. The van der Waals surface area contributed by atoms with Gasteiger partial charge in [-0.05, 0) is 31.3 Å². The molecule has 154 valence electrons. The number of rotatable bonds is 5. The first-order valence-electron chi connectivity index (χ1n) is 9.30. The first-order chi connectivity index (χ1) is 13.9. The number of halogens is 1. The van der Waals surface area contributed by atoms with Crippen LogP contribution >= 0.6 is 0 Å². The van der Waals surface area contributed by atoms with Crippen molar-refractivity contribution in [2.75, 3.05) is 45.2 Å². The largest absolute Gasteiger partial charge is 0.495 e. The molecule has 0 aromatic heterocycles. The molecule has 1 aliphatic rings. The number of likely N-dealkylation sites (N-methyl/N-ethyl adjacent to an activating group) is 1. The van der Waals surface area contributed by atoms with Gasteiger partial charge < -0.3 is 19.6 Å². The summed E-state index contributed by atoms with van der Waals surface area (Å²) in [5.74, 6) is -1.38. The maximum atomic E-state index is 14.6. The second kappa shape index (κ2) is 8.91. The van der Waals surface area contributed by atoms with Crippen molar-refractivity contribution in [1.29, 1.82) is 0 Å². The number of benzene rings is 2. The van der Waals surface area contributed by atoms with Gasteiger partial charge in [0.1, 0.15) is 11.6 Å². The number of hydrogen-bond acceptors (Lipinski definition) is 4. The molecule has 1 saturated heterocycles. The number of carboxylic acids is 1. The number of methoxy groups -OCH3 is 1. The van der Waals surface area contributed by atoms with E-state index < -0.39 is 11.8 Å². The van der Waals surface area contributed by atoms with E-state index >= 15 is 0 Å². The van der Waals surface area contributed by atoms with Gasteiger partial charge in [0.15, 0.2) is 0 Å². The predicted molar refractivity (Wildman–Crippen MR) is 107 cm³/mol. The van der Waals surface area contributed by atoms with Gasteiger partial charge in [0.2, 0.25) is 0 Å². The Balaban J connectivity index is 1.95. The topological polar surface area (TPSA) is 73.3 Å². The number of hydrogen-bond donors (Lipinski definition) is 1. The first-order valence-corrected chi connectivity index (χ1v) is 9.30. The Kier molecular flexibility index (Phi) is 6.33. The van der Waals surface area contributed by atoms with Crippen LogP contribution in [0.2, 0.25) is 0 Å². The maximum absolute atomic E-state index is 14.6. The zero-order valence-corrected chi connectivity index (χ0v) is 16.5. The number of ether oxygens (including phenoxy) is 1. The molecule has 0 atom stereocenters. The Bertz CT molecular complexity index is 897.